The molecule has 0 atom stereocenters. The van der Waals surface area contributed by atoms with E-state index < -0.39 is 5.41 Å². The quantitative estimate of drug-likeness (QED) is 0.432. The average molecular weight is 361 g/mol. The molecule has 0 aromatic rings. The summed E-state index contributed by atoms with van der Waals surface area (Å²) in [4.78, 5) is 23.7. The molecule has 5 nitrogen and oxygen atoms in total. The fourth-order valence-electron chi connectivity index (χ4n) is 2.68. The Kier molecular flexibility index (Phi) is 12.8. The van der Waals surface area contributed by atoms with Crippen molar-refractivity contribution >= 4 is 11.9 Å². The molecule has 0 amide bonds. The molecule has 0 heterocycles. The van der Waals surface area contributed by atoms with Crippen LogP contribution in [0.15, 0.2) is 0 Å². The van der Waals surface area contributed by atoms with Gasteiger partial charge in [-0.3, -0.25) is 4.79 Å². The first-order valence-electron chi connectivity index (χ1n) is 8.82. The van der Waals surface area contributed by atoms with Gasteiger partial charge in [0.05, 0.1) is 12.0 Å². The summed E-state index contributed by atoms with van der Waals surface area (Å²) in [6.45, 7) is 7.99. The normalized spacial score (nSPS) is 16.2. The van der Waals surface area contributed by atoms with Gasteiger partial charge in [0.25, 0.3) is 0 Å². The van der Waals surface area contributed by atoms with Gasteiger partial charge >= 0.3 is 11.9 Å². The molecule has 1 rings (SSSR count). The minimum absolute atomic E-state index is 0. The van der Waals surface area contributed by atoms with E-state index in [0.29, 0.717) is 0 Å². The molecule has 1 fully saturated rings. The summed E-state index contributed by atoms with van der Waals surface area (Å²) < 4.78 is 16.1. The molecule has 0 aliphatic heterocycles. The molecule has 150 valence electrons. The number of rotatable bonds is 9. The van der Waals surface area contributed by atoms with Crippen molar-refractivity contribution in [2.75, 3.05) is 19.8 Å². The molecule has 0 bridgehead atoms. The second-order valence-corrected chi connectivity index (χ2v) is 7.00. The number of esters is 2. The van der Waals surface area contributed by atoms with Crippen LogP contribution in [0.4, 0.5) is 0 Å². The molecular weight excluding hydrogens is 320 g/mol. The number of hydrogen-bond acceptors (Lipinski definition) is 5. The van der Waals surface area contributed by atoms with Crippen LogP contribution in [0.3, 0.4) is 0 Å². The smallest absolute Gasteiger partial charge is 0.332 e. The Bertz CT molecular complexity index is 384. The third kappa shape index (κ3) is 8.70. The lowest BCUT2D eigenvalue weighted by Gasteiger charge is -2.35. The molecule has 0 N–H and O–H groups in total. The average Bonchev–Trinajstić information content (AvgIpc) is 2.55. The highest BCUT2D eigenvalue weighted by Gasteiger charge is 2.34. The molecule has 25 heavy (non-hydrogen) atoms. The first-order valence-corrected chi connectivity index (χ1v) is 8.82. The molecule has 0 saturated heterocycles. The van der Waals surface area contributed by atoms with Crippen molar-refractivity contribution < 1.29 is 23.8 Å². The van der Waals surface area contributed by atoms with Gasteiger partial charge in [-0.05, 0) is 52.4 Å². The van der Waals surface area contributed by atoms with Crippen molar-refractivity contribution in [2.24, 2.45) is 5.41 Å². The van der Waals surface area contributed by atoms with Crippen LogP contribution in [0.5, 0.6) is 0 Å². The minimum Gasteiger partial charge on any atom is -0.463 e. The lowest BCUT2D eigenvalue weighted by atomic mass is 9.83. The molecule has 1 aliphatic rings. The topological polar surface area (TPSA) is 61.8 Å². The summed E-state index contributed by atoms with van der Waals surface area (Å²) in [5.41, 5.74) is -0.774. The summed E-state index contributed by atoms with van der Waals surface area (Å²) in [6, 6.07) is 0. The van der Waals surface area contributed by atoms with Crippen LogP contribution in [0.25, 0.3) is 0 Å². The Balaban J connectivity index is 0. The van der Waals surface area contributed by atoms with Gasteiger partial charge in [-0.2, -0.15) is 0 Å². The number of carbonyl (C=O) groups is 2. The van der Waals surface area contributed by atoms with Crippen molar-refractivity contribution in [2.45, 2.75) is 93.1 Å². The lowest BCUT2D eigenvalue weighted by Crippen LogP contribution is -2.37. The maximum absolute atomic E-state index is 11.9. The van der Waals surface area contributed by atoms with E-state index in [1.165, 1.54) is 6.42 Å². The van der Waals surface area contributed by atoms with E-state index in [1.807, 2.05) is 20.8 Å². The monoisotopic (exact) mass is 360 g/mol. The van der Waals surface area contributed by atoms with Crippen molar-refractivity contribution in [1.82, 2.24) is 0 Å². The molecule has 1 saturated carbocycles. The molecule has 0 aromatic carbocycles. The summed E-state index contributed by atoms with van der Waals surface area (Å²) >= 11 is 0. The van der Waals surface area contributed by atoms with E-state index in [0.717, 1.165) is 38.5 Å². The molecule has 0 spiro atoms. The van der Waals surface area contributed by atoms with E-state index in [-0.39, 0.29) is 52.2 Å². The summed E-state index contributed by atoms with van der Waals surface area (Å²) in [5, 5.41) is 0. The highest BCUT2D eigenvalue weighted by molar-refractivity contribution is 5.75. The van der Waals surface area contributed by atoms with E-state index in [2.05, 4.69) is 6.92 Å². The summed E-state index contributed by atoms with van der Waals surface area (Å²) in [6.07, 6.45) is 6.91. The zero-order chi connectivity index (χ0) is 17.3. The molecule has 0 unspecified atom stereocenters. The summed E-state index contributed by atoms with van der Waals surface area (Å²) in [5.74, 6) is -0.563. The van der Waals surface area contributed by atoms with E-state index in [9.17, 15) is 9.59 Å². The van der Waals surface area contributed by atoms with Crippen molar-refractivity contribution in [3.63, 3.8) is 0 Å². The number of hydrogen-bond donors (Lipinski definition) is 0. The standard InChI is InChI=1S/C18H32O5.2CH4/c1-5-17(3,4)16(20)22-13-12-21-14-15(19)23-18(6-2)10-8-7-9-11-18;;/h5-14H2,1-4H3;2*1H4. The van der Waals surface area contributed by atoms with Crippen molar-refractivity contribution in [3.8, 4) is 0 Å². The van der Waals surface area contributed by atoms with Crippen LogP contribution in [-0.4, -0.2) is 37.4 Å². The largest absolute Gasteiger partial charge is 0.463 e. The SMILES string of the molecule is C.C.CCC1(OC(=O)COCCOC(=O)C(C)(C)CC)CCCCC1. The first kappa shape index (κ1) is 26.1. The minimum atomic E-state index is -0.479. The van der Waals surface area contributed by atoms with Gasteiger partial charge in [0.2, 0.25) is 0 Å². The van der Waals surface area contributed by atoms with Gasteiger partial charge in [-0.25, -0.2) is 4.79 Å². The van der Waals surface area contributed by atoms with Crippen molar-refractivity contribution in [3.05, 3.63) is 0 Å². The fraction of sp³-hybridized carbons (Fsp3) is 0.900. The molecule has 0 aromatic heterocycles. The Morgan fingerprint density at radius 1 is 1.00 bits per heavy atom. The predicted octanol–water partition coefficient (Wildman–Crippen LogP) is 4.91. The third-order valence-electron chi connectivity index (χ3n) is 4.86. The third-order valence-corrected chi connectivity index (χ3v) is 4.86. The Morgan fingerprint density at radius 2 is 1.60 bits per heavy atom. The van der Waals surface area contributed by atoms with Gasteiger partial charge in [-0.15, -0.1) is 0 Å². The van der Waals surface area contributed by atoms with E-state index >= 15 is 0 Å². The molecule has 0 radical (unpaired) electrons. The second kappa shape index (κ2) is 12.3. The van der Waals surface area contributed by atoms with Crippen LogP contribution < -0.4 is 0 Å². The van der Waals surface area contributed by atoms with Gasteiger partial charge in [-0.1, -0.05) is 35.1 Å². The lowest BCUT2D eigenvalue weighted by molar-refractivity contribution is -0.170. The fourth-order valence-corrected chi connectivity index (χ4v) is 2.68. The zero-order valence-electron chi connectivity index (χ0n) is 15.1. The van der Waals surface area contributed by atoms with Crippen LogP contribution in [0.2, 0.25) is 0 Å². The van der Waals surface area contributed by atoms with Crippen LogP contribution in [0, 0.1) is 5.41 Å². The van der Waals surface area contributed by atoms with Crippen molar-refractivity contribution in [1.29, 1.82) is 0 Å². The Labute approximate surface area is 154 Å². The van der Waals surface area contributed by atoms with Gasteiger partial charge < -0.3 is 14.2 Å². The van der Waals surface area contributed by atoms with Gasteiger partial charge in [0.1, 0.15) is 18.8 Å². The zero-order valence-corrected chi connectivity index (χ0v) is 15.1. The highest BCUT2D eigenvalue weighted by Crippen LogP contribution is 2.34. The van der Waals surface area contributed by atoms with Crippen LogP contribution >= 0.6 is 0 Å². The van der Waals surface area contributed by atoms with E-state index in [1.54, 1.807) is 0 Å². The van der Waals surface area contributed by atoms with Gasteiger partial charge in [0, 0.05) is 0 Å². The maximum atomic E-state index is 11.9. The first-order chi connectivity index (χ1) is 10.9. The van der Waals surface area contributed by atoms with Crippen LogP contribution in [-0.2, 0) is 23.8 Å². The Morgan fingerprint density at radius 3 is 2.12 bits per heavy atom. The molecule has 1 aliphatic carbocycles. The van der Waals surface area contributed by atoms with Crippen LogP contribution in [0.1, 0.15) is 87.5 Å². The Hall–Kier alpha value is -1.10. The predicted molar refractivity (Wildman–Crippen MR) is 102 cm³/mol. The molecule has 5 heteroatoms. The van der Waals surface area contributed by atoms with Gasteiger partial charge in [0.15, 0.2) is 0 Å². The number of ether oxygens (including phenoxy) is 3. The number of carbonyl (C=O) groups excluding carboxylic acids is 2. The highest BCUT2D eigenvalue weighted by atomic mass is 16.6. The molecular formula is C20H40O5. The van der Waals surface area contributed by atoms with E-state index in [4.69, 9.17) is 14.2 Å². The maximum Gasteiger partial charge on any atom is 0.332 e. The second-order valence-electron chi connectivity index (χ2n) is 7.00. The summed E-state index contributed by atoms with van der Waals surface area (Å²) in [7, 11) is 0.